The molecule has 1 aromatic heterocycles. The van der Waals surface area contributed by atoms with E-state index in [9.17, 15) is 10.1 Å². The standard InChI is InChI=1S/C23H16N5O2/c29-28(30)22-16-15-21(19-13-7-8-14-20(19)22)27-25-23(17-9-3-1-4-10-17)24-26(27)18-11-5-2-6-12-18/h1-16H/q+1. The summed E-state index contributed by atoms with van der Waals surface area (Å²) in [5.41, 5.74) is 2.47. The van der Waals surface area contributed by atoms with Crippen LogP contribution in [0.3, 0.4) is 0 Å². The van der Waals surface area contributed by atoms with Gasteiger partial charge in [-0.05, 0) is 52.4 Å². The molecule has 0 aliphatic rings. The third kappa shape index (κ3) is 2.98. The van der Waals surface area contributed by atoms with Crippen LogP contribution in [-0.2, 0) is 0 Å². The summed E-state index contributed by atoms with van der Waals surface area (Å²) in [6.07, 6.45) is 0. The van der Waals surface area contributed by atoms with Crippen molar-refractivity contribution in [1.82, 2.24) is 15.0 Å². The van der Waals surface area contributed by atoms with Gasteiger partial charge in [-0.15, -0.1) is 0 Å². The monoisotopic (exact) mass is 394 g/mol. The fourth-order valence-electron chi connectivity index (χ4n) is 3.47. The van der Waals surface area contributed by atoms with Gasteiger partial charge in [0, 0.05) is 16.2 Å². The van der Waals surface area contributed by atoms with Gasteiger partial charge in [0.15, 0.2) is 5.69 Å². The Balaban J connectivity index is 1.80. The average molecular weight is 394 g/mol. The maximum absolute atomic E-state index is 11.5. The molecule has 7 nitrogen and oxygen atoms in total. The molecular formula is C23H16N5O2+. The highest BCUT2D eigenvalue weighted by atomic mass is 16.6. The van der Waals surface area contributed by atoms with Crippen molar-refractivity contribution in [2.24, 2.45) is 0 Å². The van der Waals surface area contributed by atoms with Crippen LogP contribution in [0.25, 0.3) is 33.5 Å². The summed E-state index contributed by atoms with van der Waals surface area (Å²) in [7, 11) is 0. The maximum atomic E-state index is 11.5. The number of benzene rings is 4. The minimum Gasteiger partial charge on any atom is -0.258 e. The van der Waals surface area contributed by atoms with E-state index >= 15 is 0 Å². The molecule has 30 heavy (non-hydrogen) atoms. The Hall–Kier alpha value is -4.39. The molecule has 0 aliphatic heterocycles. The molecule has 0 N–H and O–H groups in total. The molecule has 0 radical (unpaired) electrons. The minimum atomic E-state index is -0.367. The number of rotatable bonds is 4. The normalized spacial score (nSPS) is 10.9. The Morgan fingerprint density at radius 3 is 2.10 bits per heavy atom. The lowest BCUT2D eigenvalue weighted by atomic mass is 10.1. The highest BCUT2D eigenvalue weighted by molar-refractivity contribution is 5.95. The van der Waals surface area contributed by atoms with E-state index in [0.717, 1.165) is 16.6 Å². The first-order chi connectivity index (χ1) is 14.7. The Labute approximate surface area is 171 Å². The number of non-ortho nitro benzene ring substituents is 1. The summed E-state index contributed by atoms with van der Waals surface area (Å²) in [5.74, 6) is 0.557. The molecule has 1 heterocycles. The second-order valence-electron chi connectivity index (χ2n) is 6.71. The zero-order chi connectivity index (χ0) is 20.5. The van der Waals surface area contributed by atoms with Gasteiger partial charge in [0.25, 0.3) is 5.69 Å². The Bertz CT molecular complexity index is 1360. The van der Waals surface area contributed by atoms with Crippen molar-refractivity contribution >= 4 is 16.5 Å². The van der Waals surface area contributed by atoms with Crippen LogP contribution < -0.4 is 4.80 Å². The first kappa shape index (κ1) is 17.7. The van der Waals surface area contributed by atoms with E-state index in [-0.39, 0.29) is 10.6 Å². The van der Waals surface area contributed by atoms with Gasteiger partial charge in [-0.2, -0.15) is 0 Å². The number of nitro benzene ring substituents is 1. The number of nitro groups is 1. The lowest BCUT2D eigenvalue weighted by Crippen LogP contribution is -2.43. The third-order valence-corrected chi connectivity index (χ3v) is 4.87. The lowest BCUT2D eigenvalue weighted by molar-refractivity contribution is -0.733. The highest BCUT2D eigenvalue weighted by Gasteiger charge is 2.26. The predicted octanol–water partition coefficient (Wildman–Crippen LogP) is 4.27. The van der Waals surface area contributed by atoms with Gasteiger partial charge >= 0.3 is 5.82 Å². The van der Waals surface area contributed by atoms with E-state index in [1.54, 1.807) is 27.8 Å². The average Bonchev–Trinajstić information content (AvgIpc) is 3.24. The predicted molar refractivity (Wildman–Crippen MR) is 112 cm³/mol. The number of para-hydroxylation sites is 1. The lowest BCUT2D eigenvalue weighted by Gasteiger charge is -2.04. The first-order valence-electron chi connectivity index (χ1n) is 9.39. The third-order valence-electron chi connectivity index (χ3n) is 4.87. The molecule has 0 saturated carbocycles. The summed E-state index contributed by atoms with van der Waals surface area (Å²) >= 11 is 0. The van der Waals surface area contributed by atoms with Crippen LogP contribution in [0.15, 0.2) is 97.1 Å². The van der Waals surface area contributed by atoms with E-state index in [0.29, 0.717) is 16.9 Å². The summed E-state index contributed by atoms with van der Waals surface area (Å²) in [6, 6.07) is 29.9. The molecule has 0 unspecified atom stereocenters. The molecule has 0 atom stereocenters. The van der Waals surface area contributed by atoms with Gasteiger partial charge < -0.3 is 0 Å². The topological polar surface area (TPSA) is 77.7 Å². The molecule has 0 fully saturated rings. The van der Waals surface area contributed by atoms with Gasteiger partial charge in [-0.3, -0.25) is 10.1 Å². The van der Waals surface area contributed by atoms with Crippen LogP contribution in [0.4, 0.5) is 5.69 Å². The van der Waals surface area contributed by atoms with E-state index in [1.165, 1.54) is 6.07 Å². The summed E-state index contributed by atoms with van der Waals surface area (Å²) in [5, 5.41) is 22.3. The molecule has 0 spiro atoms. The zero-order valence-electron chi connectivity index (χ0n) is 15.8. The molecular weight excluding hydrogens is 378 g/mol. The number of hydrogen-bond acceptors (Lipinski definition) is 4. The number of fused-ring (bicyclic) bond motifs is 1. The van der Waals surface area contributed by atoms with Crippen LogP contribution in [0.1, 0.15) is 0 Å². The molecule has 0 amide bonds. The molecule has 4 aromatic carbocycles. The fourth-order valence-corrected chi connectivity index (χ4v) is 3.47. The number of tetrazole rings is 1. The van der Waals surface area contributed by atoms with Crippen molar-refractivity contribution < 1.29 is 9.72 Å². The number of aromatic nitrogens is 4. The molecule has 5 rings (SSSR count). The van der Waals surface area contributed by atoms with Crippen LogP contribution in [-0.4, -0.2) is 19.9 Å². The first-order valence-corrected chi connectivity index (χ1v) is 9.39. The van der Waals surface area contributed by atoms with E-state index in [1.807, 2.05) is 72.8 Å². The minimum absolute atomic E-state index is 0.0593. The fraction of sp³-hybridized carbons (Fsp3) is 0. The summed E-state index contributed by atoms with van der Waals surface area (Å²) < 4.78 is 0. The maximum Gasteiger partial charge on any atom is 0.340 e. The molecule has 7 heteroatoms. The smallest absolute Gasteiger partial charge is 0.258 e. The van der Waals surface area contributed by atoms with E-state index in [4.69, 9.17) is 10.2 Å². The van der Waals surface area contributed by atoms with Crippen molar-refractivity contribution in [1.29, 1.82) is 0 Å². The Morgan fingerprint density at radius 1 is 0.767 bits per heavy atom. The molecule has 5 aromatic rings. The SMILES string of the molecule is O=[N+]([O-])c1ccc(-[n+]2nc(-c3ccccc3)nn2-c2ccccc2)c2ccccc12. The zero-order valence-corrected chi connectivity index (χ0v) is 15.8. The van der Waals surface area contributed by atoms with Crippen molar-refractivity contribution in [3.05, 3.63) is 107 Å². The Kier molecular flexibility index (Phi) is 4.25. The highest BCUT2D eigenvalue weighted by Crippen LogP contribution is 2.28. The number of hydrogen-bond donors (Lipinski definition) is 0. The summed E-state index contributed by atoms with van der Waals surface area (Å²) in [4.78, 5) is 14.5. The van der Waals surface area contributed by atoms with Gasteiger partial charge in [0.1, 0.15) is 5.69 Å². The Morgan fingerprint density at radius 2 is 1.40 bits per heavy atom. The van der Waals surface area contributed by atoms with Crippen LogP contribution >= 0.6 is 0 Å². The van der Waals surface area contributed by atoms with Crippen LogP contribution in [0.2, 0.25) is 0 Å². The second kappa shape index (κ2) is 7.21. The van der Waals surface area contributed by atoms with Gasteiger partial charge in [0.2, 0.25) is 0 Å². The molecule has 0 saturated heterocycles. The number of nitrogens with zero attached hydrogens (tertiary/aromatic N) is 5. The quantitative estimate of drug-likeness (QED) is 0.259. The van der Waals surface area contributed by atoms with Crippen molar-refractivity contribution in [3.63, 3.8) is 0 Å². The van der Waals surface area contributed by atoms with E-state index in [2.05, 4.69) is 0 Å². The van der Waals surface area contributed by atoms with Crippen molar-refractivity contribution in [2.45, 2.75) is 0 Å². The summed E-state index contributed by atoms with van der Waals surface area (Å²) in [6.45, 7) is 0. The van der Waals surface area contributed by atoms with Crippen molar-refractivity contribution in [2.75, 3.05) is 0 Å². The van der Waals surface area contributed by atoms with Crippen LogP contribution in [0.5, 0.6) is 0 Å². The van der Waals surface area contributed by atoms with Gasteiger partial charge in [0.05, 0.1) is 21.0 Å². The van der Waals surface area contributed by atoms with Gasteiger partial charge in [-0.25, -0.2) is 0 Å². The van der Waals surface area contributed by atoms with Gasteiger partial charge in [-0.1, -0.05) is 48.5 Å². The molecule has 144 valence electrons. The van der Waals surface area contributed by atoms with E-state index < -0.39 is 0 Å². The molecule has 0 aliphatic carbocycles. The molecule has 0 bridgehead atoms. The van der Waals surface area contributed by atoms with Crippen molar-refractivity contribution in [3.8, 4) is 22.8 Å². The van der Waals surface area contributed by atoms with Crippen LogP contribution in [0, 0.1) is 10.1 Å². The second-order valence-corrected chi connectivity index (χ2v) is 6.71. The largest absolute Gasteiger partial charge is 0.340 e.